The number of esters is 1. The van der Waals surface area contributed by atoms with Gasteiger partial charge in [0.25, 0.3) is 5.91 Å². The van der Waals surface area contributed by atoms with Crippen molar-refractivity contribution >= 4 is 39.5 Å². The summed E-state index contributed by atoms with van der Waals surface area (Å²) in [5.74, 6) is -0.814. The van der Waals surface area contributed by atoms with Crippen molar-refractivity contribution in [2.75, 3.05) is 6.54 Å². The first-order valence-corrected chi connectivity index (χ1v) is 8.33. The zero-order valence-electron chi connectivity index (χ0n) is 13.4. The van der Waals surface area contributed by atoms with E-state index in [4.69, 9.17) is 4.74 Å². The van der Waals surface area contributed by atoms with Crippen LogP contribution in [-0.4, -0.2) is 39.9 Å². The molecule has 2 aromatic rings. The molecule has 0 aliphatic carbocycles. The smallest absolute Gasteiger partial charge is 0.325 e. The quantitative estimate of drug-likeness (QED) is 0.661. The van der Waals surface area contributed by atoms with Gasteiger partial charge in [-0.1, -0.05) is 12.1 Å². The van der Waals surface area contributed by atoms with Gasteiger partial charge < -0.3 is 10.1 Å². The molecule has 7 nitrogen and oxygen atoms in total. The fraction of sp³-hybridized carbons (Fsp3) is 0.375. The Balaban J connectivity index is 1.51. The predicted molar refractivity (Wildman–Crippen MR) is 88.4 cm³/mol. The number of nitrogens with zero attached hydrogens (tertiary/aromatic N) is 2. The maximum absolute atomic E-state index is 12.0. The van der Waals surface area contributed by atoms with E-state index < -0.39 is 17.5 Å². The highest BCUT2D eigenvalue weighted by atomic mass is 32.1. The van der Waals surface area contributed by atoms with Crippen LogP contribution in [0.2, 0.25) is 0 Å². The van der Waals surface area contributed by atoms with Crippen LogP contribution in [0.1, 0.15) is 25.3 Å². The minimum atomic E-state index is -0.929. The molecule has 1 N–H and O–H groups in total. The predicted octanol–water partition coefficient (Wildman–Crippen LogP) is 2.06. The normalized spacial score (nSPS) is 16.5. The number of carbonyl (C=O) groups excluding carboxylic acids is 3. The molecule has 126 valence electrons. The second-order valence-electron chi connectivity index (χ2n) is 6.00. The van der Waals surface area contributed by atoms with Crippen molar-refractivity contribution in [2.45, 2.75) is 32.4 Å². The molecule has 0 saturated carbocycles. The number of benzene rings is 1. The molecule has 8 heteroatoms. The van der Waals surface area contributed by atoms with E-state index in [9.17, 15) is 14.4 Å². The van der Waals surface area contributed by atoms with Crippen molar-refractivity contribution in [3.8, 4) is 0 Å². The monoisotopic (exact) mass is 347 g/mol. The molecule has 1 aromatic heterocycles. The Bertz CT molecular complexity index is 782. The number of urea groups is 1. The number of imide groups is 1. The molecule has 1 aliphatic heterocycles. The number of fused-ring (bicyclic) bond motifs is 1. The molecule has 0 atom stereocenters. The Morgan fingerprint density at radius 2 is 2.08 bits per heavy atom. The van der Waals surface area contributed by atoms with Crippen molar-refractivity contribution < 1.29 is 19.1 Å². The van der Waals surface area contributed by atoms with Crippen LogP contribution >= 0.6 is 11.3 Å². The van der Waals surface area contributed by atoms with Crippen LogP contribution in [-0.2, 0) is 20.9 Å². The van der Waals surface area contributed by atoms with E-state index in [-0.39, 0.29) is 25.5 Å². The molecule has 0 unspecified atom stereocenters. The van der Waals surface area contributed by atoms with Gasteiger partial charge in [0, 0.05) is 6.54 Å². The number of amides is 3. The summed E-state index contributed by atoms with van der Waals surface area (Å²) < 4.78 is 6.21. The molecule has 3 rings (SSSR count). The highest BCUT2D eigenvalue weighted by Crippen LogP contribution is 2.22. The first-order chi connectivity index (χ1) is 11.4. The molecule has 3 amide bonds. The fourth-order valence-corrected chi connectivity index (χ4v) is 3.30. The van der Waals surface area contributed by atoms with E-state index >= 15 is 0 Å². The lowest BCUT2D eigenvalue weighted by atomic mass is 10.1. The Morgan fingerprint density at radius 3 is 2.75 bits per heavy atom. The summed E-state index contributed by atoms with van der Waals surface area (Å²) in [5, 5.41) is 3.28. The number of ether oxygens (including phenoxy) is 1. The largest absolute Gasteiger partial charge is 0.458 e. The number of hydrogen-bond acceptors (Lipinski definition) is 6. The van der Waals surface area contributed by atoms with Crippen LogP contribution in [0.5, 0.6) is 0 Å². The number of hydrogen-bond donors (Lipinski definition) is 1. The van der Waals surface area contributed by atoms with Crippen LogP contribution in [0.4, 0.5) is 4.79 Å². The van der Waals surface area contributed by atoms with Crippen LogP contribution in [0.15, 0.2) is 24.3 Å². The minimum absolute atomic E-state index is 0.00672. The van der Waals surface area contributed by atoms with Gasteiger partial charge in [0.15, 0.2) is 0 Å². The van der Waals surface area contributed by atoms with E-state index in [1.807, 2.05) is 24.3 Å². The topological polar surface area (TPSA) is 88.6 Å². The van der Waals surface area contributed by atoms with E-state index in [0.717, 1.165) is 15.1 Å². The second kappa shape index (κ2) is 6.20. The number of para-hydroxylation sites is 1. The van der Waals surface area contributed by atoms with Gasteiger partial charge in [0.2, 0.25) is 0 Å². The van der Waals surface area contributed by atoms with Crippen LogP contribution in [0.3, 0.4) is 0 Å². The lowest BCUT2D eigenvalue weighted by Gasteiger charge is -2.15. The summed E-state index contributed by atoms with van der Waals surface area (Å²) >= 11 is 1.47. The van der Waals surface area contributed by atoms with Crippen molar-refractivity contribution in [1.82, 2.24) is 15.2 Å². The number of rotatable bonds is 5. The van der Waals surface area contributed by atoms with Gasteiger partial charge in [-0.05, 0) is 26.0 Å². The first-order valence-electron chi connectivity index (χ1n) is 7.51. The third-order valence-electron chi connectivity index (χ3n) is 3.68. The third-order valence-corrected chi connectivity index (χ3v) is 4.69. The van der Waals surface area contributed by atoms with E-state index in [0.29, 0.717) is 5.01 Å². The average Bonchev–Trinajstić information content (AvgIpc) is 3.02. The van der Waals surface area contributed by atoms with Gasteiger partial charge in [-0.15, -0.1) is 11.3 Å². The van der Waals surface area contributed by atoms with Crippen molar-refractivity contribution in [3.05, 3.63) is 29.3 Å². The number of nitrogens with one attached hydrogen (secondary N) is 1. The molecule has 2 heterocycles. The van der Waals surface area contributed by atoms with Gasteiger partial charge in [-0.25, -0.2) is 9.78 Å². The Hall–Kier alpha value is -2.48. The summed E-state index contributed by atoms with van der Waals surface area (Å²) in [4.78, 5) is 41.0. The Morgan fingerprint density at radius 1 is 1.33 bits per heavy atom. The molecule has 24 heavy (non-hydrogen) atoms. The molecule has 1 saturated heterocycles. The first kappa shape index (κ1) is 16.4. The summed E-state index contributed by atoms with van der Waals surface area (Å²) in [6.07, 6.45) is -0.0415. The Kier molecular flexibility index (Phi) is 4.23. The van der Waals surface area contributed by atoms with Crippen molar-refractivity contribution in [1.29, 1.82) is 0 Å². The zero-order valence-corrected chi connectivity index (χ0v) is 14.2. The molecular formula is C16H17N3O4S. The van der Waals surface area contributed by atoms with Crippen LogP contribution in [0.25, 0.3) is 10.2 Å². The minimum Gasteiger partial charge on any atom is -0.458 e. The maximum atomic E-state index is 12.0. The standard InChI is InChI=1S/C16H17N3O4S/c1-16(2)14(21)19(15(22)18-16)8-7-13(20)23-9-12-17-10-5-3-4-6-11(10)24-12/h3-6H,7-9H2,1-2H3,(H,18,22). The highest BCUT2D eigenvalue weighted by molar-refractivity contribution is 7.18. The molecular weight excluding hydrogens is 330 g/mol. The van der Waals surface area contributed by atoms with Crippen molar-refractivity contribution in [2.24, 2.45) is 0 Å². The van der Waals surface area contributed by atoms with Crippen LogP contribution < -0.4 is 5.32 Å². The highest BCUT2D eigenvalue weighted by Gasteiger charge is 2.44. The number of aromatic nitrogens is 1. The molecule has 0 bridgehead atoms. The second-order valence-corrected chi connectivity index (χ2v) is 7.11. The number of carbonyl (C=O) groups is 3. The molecule has 1 aromatic carbocycles. The Labute approximate surface area is 142 Å². The van der Waals surface area contributed by atoms with Crippen molar-refractivity contribution in [3.63, 3.8) is 0 Å². The summed E-state index contributed by atoms with van der Waals surface area (Å²) in [7, 11) is 0. The molecule has 0 radical (unpaired) electrons. The molecule has 1 aliphatic rings. The van der Waals surface area contributed by atoms with Gasteiger partial charge in [-0.2, -0.15) is 0 Å². The fourth-order valence-electron chi connectivity index (χ4n) is 2.42. The van der Waals surface area contributed by atoms with E-state index in [1.165, 1.54) is 11.3 Å². The molecule has 1 fully saturated rings. The number of thiazole rings is 1. The van der Waals surface area contributed by atoms with Crippen LogP contribution in [0, 0.1) is 0 Å². The van der Waals surface area contributed by atoms with Gasteiger partial charge in [0.05, 0.1) is 16.6 Å². The van der Waals surface area contributed by atoms with Gasteiger partial charge in [0.1, 0.15) is 17.2 Å². The SMILES string of the molecule is CC1(C)NC(=O)N(CCC(=O)OCc2nc3ccccc3s2)C1=O. The zero-order chi connectivity index (χ0) is 17.3. The summed E-state index contributed by atoms with van der Waals surface area (Å²) in [6.45, 7) is 3.34. The van der Waals surface area contributed by atoms with Gasteiger partial charge in [-0.3, -0.25) is 14.5 Å². The lowest BCUT2D eigenvalue weighted by Crippen LogP contribution is -2.40. The average molecular weight is 347 g/mol. The summed E-state index contributed by atoms with van der Waals surface area (Å²) in [6, 6.07) is 7.20. The maximum Gasteiger partial charge on any atom is 0.325 e. The van der Waals surface area contributed by atoms with Gasteiger partial charge >= 0.3 is 12.0 Å². The van der Waals surface area contributed by atoms with E-state index in [1.54, 1.807) is 13.8 Å². The third kappa shape index (κ3) is 3.23. The lowest BCUT2D eigenvalue weighted by molar-refractivity contribution is -0.145. The molecule has 0 spiro atoms. The van der Waals surface area contributed by atoms with E-state index in [2.05, 4.69) is 10.3 Å². The summed E-state index contributed by atoms with van der Waals surface area (Å²) in [5.41, 5.74) is -0.0581.